The SMILES string of the molecule is O=C(CS(=O)C(C(=O)O)c1ccccc1)Nc1ccc(Cl)cc1. The predicted octanol–water partition coefficient (Wildman–Crippen LogP) is 2.85. The number of amides is 1. The molecule has 0 aliphatic rings. The van der Waals surface area contributed by atoms with E-state index >= 15 is 0 Å². The van der Waals surface area contributed by atoms with Gasteiger partial charge in [0.25, 0.3) is 0 Å². The molecule has 0 spiro atoms. The fourth-order valence-corrected chi connectivity index (χ4v) is 3.29. The Labute approximate surface area is 140 Å². The molecule has 0 saturated heterocycles. The molecular weight excluding hydrogens is 338 g/mol. The van der Waals surface area contributed by atoms with Gasteiger partial charge in [-0.15, -0.1) is 0 Å². The van der Waals surface area contributed by atoms with Crippen molar-refractivity contribution >= 4 is 40.0 Å². The molecule has 0 saturated carbocycles. The van der Waals surface area contributed by atoms with Gasteiger partial charge < -0.3 is 10.4 Å². The third-order valence-electron chi connectivity index (χ3n) is 2.99. The van der Waals surface area contributed by atoms with Crippen molar-refractivity contribution in [2.75, 3.05) is 11.1 Å². The summed E-state index contributed by atoms with van der Waals surface area (Å²) in [6.45, 7) is 0. The van der Waals surface area contributed by atoms with Crippen molar-refractivity contribution < 1.29 is 18.9 Å². The zero-order chi connectivity index (χ0) is 16.8. The van der Waals surface area contributed by atoms with Crippen LogP contribution in [0, 0.1) is 0 Å². The molecule has 2 atom stereocenters. The fraction of sp³-hybridized carbons (Fsp3) is 0.125. The van der Waals surface area contributed by atoms with Crippen LogP contribution in [-0.4, -0.2) is 26.9 Å². The van der Waals surface area contributed by atoms with Crippen LogP contribution in [0.2, 0.25) is 5.02 Å². The van der Waals surface area contributed by atoms with Crippen molar-refractivity contribution in [2.24, 2.45) is 0 Å². The zero-order valence-corrected chi connectivity index (χ0v) is 13.5. The zero-order valence-electron chi connectivity index (χ0n) is 11.9. The van der Waals surface area contributed by atoms with Crippen LogP contribution >= 0.6 is 11.6 Å². The Hall–Kier alpha value is -2.18. The first-order valence-corrected chi connectivity index (χ1v) is 8.43. The van der Waals surface area contributed by atoms with Gasteiger partial charge >= 0.3 is 5.97 Å². The van der Waals surface area contributed by atoms with E-state index in [1.54, 1.807) is 54.6 Å². The van der Waals surface area contributed by atoms with E-state index in [1.165, 1.54) is 0 Å². The third kappa shape index (κ3) is 4.91. The molecular formula is C16H14ClNO4S. The highest BCUT2D eigenvalue weighted by Gasteiger charge is 2.28. The molecule has 23 heavy (non-hydrogen) atoms. The largest absolute Gasteiger partial charge is 0.480 e. The third-order valence-corrected chi connectivity index (χ3v) is 4.79. The lowest BCUT2D eigenvalue weighted by Crippen LogP contribution is -2.26. The predicted molar refractivity (Wildman–Crippen MR) is 89.9 cm³/mol. The molecule has 2 rings (SSSR count). The van der Waals surface area contributed by atoms with E-state index in [9.17, 15) is 18.9 Å². The Kier molecular flexibility index (Phi) is 5.90. The van der Waals surface area contributed by atoms with Gasteiger partial charge in [-0.3, -0.25) is 13.8 Å². The Bertz CT molecular complexity index is 719. The average molecular weight is 352 g/mol. The second kappa shape index (κ2) is 7.89. The summed E-state index contributed by atoms with van der Waals surface area (Å²) in [5, 5.41) is 11.1. The Balaban J connectivity index is 2.05. The van der Waals surface area contributed by atoms with Crippen molar-refractivity contribution in [3.63, 3.8) is 0 Å². The number of hydrogen-bond acceptors (Lipinski definition) is 3. The summed E-state index contributed by atoms with van der Waals surface area (Å²) in [4.78, 5) is 23.3. The molecule has 2 N–H and O–H groups in total. The topological polar surface area (TPSA) is 83.5 Å². The molecule has 2 aromatic rings. The summed E-state index contributed by atoms with van der Waals surface area (Å²) in [7, 11) is -1.88. The molecule has 0 aromatic heterocycles. The Morgan fingerprint density at radius 2 is 1.70 bits per heavy atom. The molecule has 0 heterocycles. The summed E-state index contributed by atoms with van der Waals surface area (Å²) < 4.78 is 12.3. The van der Waals surface area contributed by atoms with Crippen LogP contribution < -0.4 is 5.32 Å². The Morgan fingerprint density at radius 3 is 2.26 bits per heavy atom. The molecule has 120 valence electrons. The highest BCUT2D eigenvalue weighted by Crippen LogP contribution is 2.21. The maximum atomic E-state index is 12.3. The van der Waals surface area contributed by atoms with Crippen molar-refractivity contribution in [3.8, 4) is 0 Å². The minimum Gasteiger partial charge on any atom is -0.480 e. The number of nitrogens with one attached hydrogen (secondary N) is 1. The van der Waals surface area contributed by atoms with Gasteiger partial charge in [-0.1, -0.05) is 41.9 Å². The molecule has 2 aromatic carbocycles. The minimum absolute atomic E-state index is 0.401. The van der Waals surface area contributed by atoms with Crippen LogP contribution in [-0.2, 0) is 20.4 Å². The normalized spacial score (nSPS) is 13.1. The van der Waals surface area contributed by atoms with Crippen LogP contribution in [0.25, 0.3) is 0 Å². The van der Waals surface area contributed by atoms with E-state index in [1.807, 2.05) is 0 Å². The number of anilines is 1. The summed E-state index contributed by atoms with van der Waals surface area (Å²) >= 11 is 5.75. The first-order valence-electron chi connectivity index (χ1n) is 6.67. The summed E-state index contributed by atoms with van der Waals surface area (Å²) in [6, 6.07) is 14.6. The number of rotatable bonds is 6. The maximum absolute atomic E-state index is 12.3. The van der Waals surface area contributed by atoms with Crippen molar-refractivity contribution in [1.82, 2.24) is 0 Å². The highest BCUT2D eigenvalue weighted by molar-refractivity contribution is 7.86. The Morgan fingerprint density at radius 1 is 1.09 bits per heavy atom. The van der Waals surface area contributed by atoms with E-state index < -0.39 is 33.7 Å². The first kappa shape index (κ1) is 17.2. The highest BCUT2D eigenvalue weighted by atomic mass is 35.5. The number of benzene rings is 2. The molecule has 0 fully saturated rings. The van der Waals surface area contributed by atoms with Crippen LogP contribution in [0.3, 0.4) is 0 Å². The van der Waals surface area contributed by atoms with Crippen LogP contribution in [0.1, 0.15) is 10.8 Å². The number of hydrogen-bond donors (Lipinski definition) is 2. The summed E-state index contributed by atoms with van der Waals surface area (Å²) in [6.07, 6.45) is 0. The van der Waals surface area contributed by atoms with Gasteiger partial charge in [0.05, 0.1) is 0 Å². The van der Waals surface area contributed by atoms with E-state index in [4.69, 9.17) is 11.6 Å². The number of carbonyl (C=O) groups excluding carboxylic acids is 1. The number of halogens is 1. The maximum Gasteiger partial charge on any atom is 0.323 e. The van der Waals surface area contributed by atoms with E-state index in [0.717, 1.165) is 0 Å². The van der Waals surface area contributed by atoms with Gasteiger partial charge in [0.15, 0.2) is 5.25 Å². The lowest BCUT2D eigenvalue weighted by molar-refractivity contribution is -0.136. The van der Waals surface area contributed by atoms with Crippen LogP contribution in [0.15, 0.2) is 54.6 Å². The minimum atomic E-state index is -1.88. The van der Waals surface area contributed by atoms with Gasteiger partial charge in [-0.25, -0.2) is 0 Å². The summed E-state index contributed by atoms with van der Waals surface area (Å²) in [5.74, 6) is -2.16. The van der Waals surface area contributed by atoms with Crippen LogP contribution in [0.4, 0.5) is 5.69 Å². The number of carboxylic acid groups (broad SMARTS) is 1. The second-order valence-corrected chi connectivity index (χ2v) is 6.67. The fourth-order valence-electron chi connectivity index (χ4n) is 1.98. The molecule has 0 bridgehead atoms. The molecule has 2 unspecified atom stereocenters. The standard InChI is InChI=1S/C16H14ClNO4S/c17-12-6-8-13(9-7-12)18-14(19)10-23(22)15(16(20)21)11-4-2-1-3-5-11/h1-9,15H,10H2,(H,18,19)(H,20,21). The molecule has 7 heteroatoms. The van der Waals surface area contributed by atoms with Crippen molar-refractivity contribution in [3.05, 3.63) is 65.2 Å². The lowest BCUT2D eigenvalue weighted by Gasteiger charge is -2.12. The lowest BCUT2D eigenvalue weighted by atomic mass is 10.1. The van der Waals surface area contributed by atoms with E-state index in [2.05, 4.69) is 5.32 Å². The van der Waals surface area contributed by atoms with Crippen molar-refractivity contribution in [2.45, 2.75) is 5.25 Å². The quantitative estimate of drug-likeness (QED) is 0.838. The van der Waals surface area contributed by atoms with E-state index in [0.29, 0.717) is 16.3 Å². The van der Waals surface area contributed by atoms with Crippen LogP contribution in [0.5, 0.6) is 0 Å². The van der Waals surface area contributed by atoms with Gasteiger partial charge in [0.2, 0.25) is 5.91 Å². The van der Waals surface area contributed by atoms with Crippen molar-refractivity contribution in [1.29, 1.82) is 0 Å². The molecule has 5 nitrogen and oxygen atoms in total. The molecule has 1 amide bonds. The van der Waals surface area contributed by atoms with E-state index in [-0.39, 0.29) is 0 Å². The average Bonchev–Trinajstić information content (AvgIpc) is 2.50. The van der Waals surface area contributed by atoms with Gasteiger partial charge in [0, 0.05) is 21.5 Å². The van der Waals surface area contributed by atoms with Gasteiger partial charge in [-0.05, 0) is 29.8 Å². The molecule has 0 aliphatic carbocycles. The van der Waals surface area contributed by atoms with Gasteiger partial charge in [0.1, 0.15) is 5.75 Å². The monoisotopic (exact) mass is 351 g/mol. The number of aliphatic carboxylic acids is 1. The second-order valence-electron chi connectivity index (χ2n) is 4.71. The number of carbonyl (C=O) groups is 2. The smallest absolute Gasteiger partial charge is 0.323 e. The molecule has 0 aliphatic heterocycles. The first-order chi connectivity index (χ1) is 11.0. The van der Waals surface area contributed by atoms with Gasteiger partial charge in [-0.2, -0.15) is 0 Å². The molecule has 0 radical (unpaired) electrons. The number of carboxylic acids is 1. The summed E-state index contributed by atoms with van der Waals surface area (Å²) in [5.41, 5.74) is 0.903.